The van der Waals surface area contributed by atoms with Crippen molar-refractivity contribution in [3.05, 3.63) is 78.3 Å². The van der Waals surface area contributed by atoms with E-state index in [1.54, 1.807) is 18.5 Å². The number of benzene rings is 1. The van der Waals surface area contributed by atoms with Crippen molar-refractivity contribution in [1.29, 1.82) is 0 Å². The molecule has 4 aromatic rings. The van der Waals surface area contributed by atoms with Gasteiger partial charge in [0.1, 0.15) is 23.3 Å². The molecule has 138 valence electrons. The van der Waals surface area contributed by atoms with Gasteiger partial charge in [-0.15, -0.1) is 0 Å². The molecule has 0 unspecified atom stereocenters. The van der Waals surface area contributed by atoms with Crippen LogP contribution in [0.15, 0.2) is 71.7 Å². The number of rotatable bonds is 5. The van der Waals surface area contributed by atoms with Crippen LogP contribution in [0.1, 0.15) is 11.1 Å². The van der Waals surface area contributed by atoms with Gasteiger partial charge in [0, 0.05) is 12.3 Å². The zero-order valence-corrected chi connectivity index (χ0v) is 15.2. The maximum absolute atomic E-state index is 12.5. The smallest absolute Gasteiger partial charge is 0.228 e. The summed E-state index contributed by atoms with van der Waals surface area (Å²) in [5, 5.41) is 6.83. The molecule has 28 heavy (non-hydrogen) atoms. The van der Waals surface area contributed by atoms with Gasteiger partial charge in [-0.1, -0.05) is 41.6 Å². The number of hydrogen-bond acceptors (Lipinski definition) is 6. The number of pyridine rings is 1. The summed E-state index contributed by atoms with van der Waals surface area (Å²) in [5.41, 5.74) is 4.00. The molecule has 4 rings (SSSR count). The van der Waals surface area contributed by atoms with E-state index in [9.17, 15) is 4.79 Å². The minimum atomic E-state index is -0.165. The van der Waals surface area contributed by atoms with Crippen LogP contribution in [-0.2, 0) is 11.2 Å². The van der Waals surface area contributed by atoms with Gasteiger partial charge in [-0.05, 0) is 24.1 Å². The molecular formula is C21H17N5O2. The van der Waals surface area contributed by atoms with Gasteiger partial charge in [-0.2, -0.15) is 0 Å². The largest absolute Gasteiger partial charge is 0.364 e. The van der Waals surface area contributed by atoms with Gasteiger partial charge in [0.05, 0.1) is 18.3 Å². The molecule has 3 aromatic heterocycles. The molecule has 0 aliphatic carbocycles. The Hall–Kier alpha value is -3.87. The van der Waals surface area contributed by atoms with E-state index in [1.165, 1.54) is 6.26 Å². The Morgan fingerprint density at radius 2 is 1.89 bits per heavy atom. The third-order valence-corrected chi connectivity index (χ3v) is 4.17. The maximum atomic E-state index is 12.5. The van der Waals surface area contributed by atoms with Crippen molar-refractivity contribution in [2.24, 2.45) is 0 Å². The molecule has 0 aliphatic heterocycles. The van der Waals surface area contributed by atoms with E-state index < -0.39 is 0 Å². The topological polar surface area (TPSA) is 93.8 Å². The summed E-state index contributed by atoms with van der Waals surface area (Å²) in [6.07, 6.45) is 4.97. The Bertz CT molecular complexity index is 1100. The summed E-state index contributed by atoms with van der Waals surface area (Å²) in [7, 11) is 0. The molecule has 0 spiro atoms. The van der Waals surface area contributed by atoms with Crippen LogP contribution in [0, 0.1) is 6.92 Å². The molecule has 0 saturated heterocycles. The summed E-state index contributed by atoms with van der Waals surface area (Å²) < 4.78 is 4.96. The van der Waals surface area contributed by atoms with E-state index in [0.29, 0.717) is 28.6 Å². The van der Waals surface area contributed by atoms with Crippen LogP contribution in [0.4, 0.5) is 5.69 Å². The number of carbonyl (C=O) groups excluding carboxylic acids is 1. The van der Waals surface area contributed by atoms with E-state index in [1.807, 2.05) is 49.4 Å². The van der Waals surface area contributed by atoms with Crippen LogP contribution in [0.25, 0.3) is 22.9 Å². The number of aryl methyl sites for hydroxylation is 1. The van der Waals surface area contributed by atoms with Crippen molar-refractivity contribution in [2.45, 2.75) is 13.3 Å². The van der Waals surface area contributed by atoms with Crippen molar-refractivity contribution >= 4 is 11.6 Å². The first kappa shape index (κ1) is 17.5. The van der Waals surface area contributed by atoms with Crippen LogP contribution in [0.2, 0.25) is 0 Å². The fraction of sp³-hybridized carbons (Fsp3) is 0.0952. The quantitative estimate of drug-likeness (QED) is 0.575. The van der Waals surface area contributed by atoms with E-state index >= 15 is 0 Å². The first-order chi connectivity index (χ1) is 13.7. The van der Waals surface area contributed by atoms with Crippen molar-refractivity contribution < 1.29 is 9.32 Å². The highest BCUT2D eigenvalue weighted by atomic mass is 16.5. The molecule has 0 atom stereocenters. The monoisotopic (exact) mass is 371 g/mol. The summed E-state index contributed by atoms with van der Waals surface area (Å²) in [4.78, 5) is 25.8. The second-order valence-corrected chi connectivity index (χ2v) is 6.22. The molecule has 0 saturated carbocycles. The van der Waals surface area contributed by atoms with Crippen molar-refractivity contribution in [3.63, 3.8) is 0 Å². The van der Waals surface area contributed by atoms with Gasteiger partial charge in [-0.25, -0.2) is 9.97 Å². The average Bonchev–Trinajstić information content (AvgIpc) is 3.24. The Kier molecular flexibility index (Phi) is 4.88. The minimum Gasteiger partial charge on any atom is -0.364 e. The first-order valence-electron chi connectivity index (χ1n) is 8.74. The van der Waals surface area contributed by atoms with Crippen LogP contribution < -0.4 is 5.32 Å². The number of anilines is 1. The van der Waals surface area contributed by atoms with Crippen molar-refractivity contribution in [3.8, 4) is 22.9 Å². The highest BCUT2D eigenvalue weighted by Crippen LogP contribution is 2.27. The third kappa shape index (κ3) is 3.78. The van der Waals surface area contributed by atoms with E-state index in [4.69, 9.17) is 4.52 Å². The molecule has 1 amide bonds. The number of nitrogens with one attached hydrogen (secondary N) is 1. The van der Waals surface area contributed by atoms with Crippen molar-refractivity contribution in [1.82, 2.24) is 20.1 Å². The van der Waals surface area contributed by atoms with E-state index in [0.717, 1.165) is 11.1 Å². The summed E-state index contributed by atoms with van der Waals surface area (Å²) in [5.74, 6) is 0.290. The SMILES string of the molecule is Cc1cccnc1-c1ncc(NC(=O)Cc2ccccc2)c(-c2ccon2)n1. The van der Waals surface area contributed by atoms with Crippen LogP contribution in [0.3, 0.4) is 0 Å². The zero-order chi connectivity index (χ0) is 19.3. The molecule has 0 radical (unpaired) electrons. The summed E-state index contributed by atoms with van der Waals surface area (Å²) in [6.45, 7) is 1.94. The Balaban J connectivity index is 1.67. The fourth-order valence-electron chi connectivity index (χ4n) is 2.81. The van der Waals surface area contributed by atoms with Gasteiger partial charge >= 0.3 is 0 Å². The zero-order valence-electron chi connectivity index (χ0n) is 15.2. The van der Waals surface area contributed by atoms with Gasteiger partial charge < -0.3 is 9.84 Å². The molecular weight excluding hydrogens is 354 g/mol. The predicted octanol–water partition coefficient (Wildman–Crippen LogP) is 3.68. The number of nitrogens with zero attached hydrogens (tertiary/aromatic N) is 4. The van der Waals surface area contributed by atoms with Crippen molar-refractivity contribution in [2.75, 3.05) is 5.32 Å². The standard InChI is InChI=1S/C21H17N5O2/c1-14-6-5-10-22-19(14)21-23-13-17(20(25-21)16-9-11-28-26-16)24-18(27)12-15-7-3-2-4-8-15/h2-11,13H,12H2,1H3,(H,24,27). The van der Waals surface area contributed by atoms with Crippen LogP contribution in [0.5, 0.6) is 0 Å². The Labute approximate surface area is 161 Å². The Morgan fingerprint density at radius 1 is 1.04 bits per heavy atom. The molecule has 0 bridgehead atoms. The first-order valence-corrected chi connectivity index (χ1v) is 8.74. The number of aromatic nitrogens is 4. The lowest BCUT2D eigenvalue weighted by atomic mass is 10.1. The molecule has 7 nitrogen and oxygen atoms in total. The average molecular weight is 371 g/mol. The normalized spacial score (nSPS) is 10.6. The number of hydrogen-bond donors (Lipinski definition) is 1. The van der Waals surface area contributed by atoms with Gasteiger partial charge in [0.15, 0.2) is 5.82 Å². The fourth-order valence-corrected chi connectivity index (χ4v) is 2.81. The third-order valence-electron chi connectivity index (χ3n) is 4.17. The highest BCUT2D eigenvalue weighted by molar-refractivity contribution is 5.95. The summed E-state index contributed by atoms with van der Waals surface area (Å²) >= 11 is 0. The molecule has 0 fully saturated rings. The second kappa shape index (κ2) is 7.79. The molecule has 1 aromatic carbocycles. The van der Waals surface area contributed by atoms with Gasteiger partial charge in [-0.3, -0.25) is 9.78 Å². The molecule has 0 aliphatic rings. The predicted molar refractivity (Wildman–Crippen MR) is 104 cm³/mol. The molecule has 3 heterocycles. The lowest BCUT2D eigenvalue weighted by Gasteiger charge is -2.11. The highest BCUT2D eigenvalue weighted by Gasteiger charge is 2.17. The second-order valence-electron chi connectivity index (χ2n) is 6.22. The van der Waals surface area contributed by atoms with Crippen LogP contribution >= 0.6 is 0 Å². The lowest BCUT2D eigenvalue weighted by molar-refractivity contribution is -0.115. The van der Waals surface area contributed by atoms with Gasteiger partial charge in [0.25, 0.3) is 0 Å². The Morgan fingerprint density at radius 3 is 2.64 bits per heavy atom. The number of carbonyl (C=O) groups is 1. The molecule has 7 heteroatoms. The number of amides is 1. The molecule has 1 N–H and O–H groups in total. The van der Waals surface area contributed by atoms with E-state index in [-0.39, 0.29) is 12.3 Å². The maximum Gasteiger partial charge on any atom is 0.228 e. The van der Waals surface area contributed by atoms with Crippen LogP contribution in [-0.4, -0.2) is 26.0 Å². The minimum absolute atomic E-state index is 0.165. The van der Waals surface area contributed by atoms with Gasteiger partial charge in [0.2, 0.25) is 5.91 Å². The summed E-state index contributed by atoms with van der Waals surface area (Å²) in [6, 6.07) is 15.0. The van der Waals surface area contributed by atoms with E-state index in [2.05, 4.69) is 25.4 Å². The lowest BCUT2D eigenvalue weighted by Crippen LogP contribution is -2.16.